The molecule has 0 aliphatic carbocycles. The standard InChI is InChI=1S/C25H30F2N4O4/c1-3-29-11-13-30(14-12-29)25(34)31(20-5-4-6-21(15-20)35-2)17-18-7-9-19(10-8-18)22(32)16-28-24(33)23(26)27/h4-10,15,23H,3,11-14,16-17H2,1-2H3,(H,28,33). The summed E-state index contributed by atoms with van der Waals surface area (Å²) < 4.78 is 30.0. The maximum absolute atomic E-state index is 13.5. The fourth-order valence-electron chi connectivity index (χ4n) is 3.80. The first kappa shape index (κ1) is 26.1. The van der Waals surface area contributed by atoms with E-state index in [0.29, 0.717) is 24.5 Å². The molecule has 0 aromatic heterocycles. The number of anilines is 1. The number of methoxy groups -OCH3 is 1. The number of ether oxygens (including phenoxy) is 1. The van der Waals surface area contributed by atoms with Gasteiger partial charge in [-0.25, -0.2) is 4.79 Å². The highest BCUT2D eigenvalue weighted by atomic mass is 19.3. The molecule has 3 amide bonds. The van der Waals surface area contributed by atoms with Gasteiger partial charge in [0.1, 0.15) is 5.75 Å². The zero-order chi connectivity index (χ0) is 25.4. The predicted octanol–water partition coefficient (Wildman–Crippen LogP) is 3.02. The Labute approximate surface area is 203 Å². The number of halogens is 2. The summed E-state index contributed by atoms with van der Waals surface area (Å²) in [6.07, 6.45) is -3.17. The number of hydrogen-bond acceptors (Lipinski definition) is 5. The first-order chi connectivity index (χ1) is 16.8. The van der Waals surface area contributed by atoms with Crippen LogP contribution in [0.3, 0.4) is 0 Å². The van der Waals surface area contributed by atoms with Gasteiger partial charge in [-0.05, 0) is 24.2 Å². The summed E-state index contributed by atoms with van der Waals surface area (Å²) in [4.78, 5) is 42.5. The number of hydrogen-bond donors (Lipinski definition) is 1. The van der Waals surface area contributed by atoms with Crippen LogP contribution in [0.4, 0.5) is 19.3 Å². The van der Waals surface area contributed by atoms with Crippen molar-refractivity contribution in [2.45, 2.75) is 19.9 Å². The van der Waals surface area contributed by atoms with E-state index in [-0.39, 0.29) is 18.1 Å². The number of ketones is 1. The van der Waals surface area contributed by atoms with E-state index in [9.17, 15) is 23.2 Å². The lowest BCUT2D eigenvalue weighted by Gasteiger charge is -2.37. The molecule has 0 bridgehead atoms. The summed E-state index contributed by atoms with van der Waals surface area (Å²) in [5, 5.41) is 1.91. The molecule has 10 heteroatoms. The summed E-state index contributed by atoms with van der Waals surface area (Å²) in [7, 11) is 1.56. The zero-order valence-corrected chi connectivity index (χ0v) is 19.9. The maximum Gasteiger partial charge on any atom is 0.324 e. The van der Waals surface area contributed by atoms with Crippen LogP contribution < -0.4 is 15.0 Å². The number of carbonyl (C=O) groups excluding carboxylic acids is 3. The average Bonchev–Trinajstić information content (AvgIpc) is 2.90. The molecule has 1 N–H and O–H groups in total. The number of alkyl halides is 2. The number of rotatable bonds is 9. The smallest absolute Gasteiger partial charge is 0.324 e. The summed E-state index contributed by atoms with van der Waals surface area (Å²) >= 11 is 0. The number of likely N-dealkylation sites (N-methyl/N-ethyl adjacent to an activating group) is 1. The topological polar surface area (TPSA) is 82.2 Å². The molecule has 2 aromatic carbocycles. The number of carbonyl (C=O) groups is 3. The molecule has 1 aliphatic rings. The highest BCUT2D eigenvalue weighted by Crippen LogP contribution is 2.25. The Balaban J connectivity index is 1.75. The lowest BCUT2D eigenvalue weighted by molar-refractivity contribution is -0.131. The van der Waals surface area contributed by atoms with Crippen LogP contribution in [0.1, 0.15) is 22.8 Å². The van der Waals surface area contributed by atoms with E-state index in [0.717, 1.165) is 25.2 Å². The molecule has 2 aromatic rings. The molecule has 3 rings (SSSR count). The highest BCUT2D eigenvalue weighted by molar-refractivity contribution is 5.99. The molecule has 8 nitrogen and oxygen atoms in total. The van der Waals surface area contributed by atoms with Crippen molar-refractivity contribution in [2.75, 3.05) is 51.3 Å². The molecule has 0 radical (unpaired) electrons. The fraction of sp³-hybridized carbons (Fsp3) is 0.400. The van der Waals surface area contributed by atoms with E-state index in [4.69, 9.17) is 4.74 Å². The van der Waals surface area contributed by atoms with E-state index in [1.807, 2.05) is 22.3 Å². The minimum absolute atomic E-state index is 0.121. The Kier molecular flexibility index (Phi) is 9.13. The quantitative estimate of drug-likeness (QED) is 0.549. The van der Waals surface area contributed by atoms with Crippen molar-refractivity contribution < 1.29 is 27.9 Å². The number of urea groups is 1. The van der Waals surface area contributed by atoms with Crippen LogP contribution in [0.2, 0.25) is 0 Å². The van der Waals surface area contributed by atoms with Crippen LogP contribution in [0.5, 0.6) is 5.75 Å². The summed E-state index contributed by atoms with van der Waals surface area (Å²) in [6.45, 7) is 5.67. The molecular formula is C25H30F2N4O4. The fourth-order valence-corrected chi connectivity index (χ4v) is 3.80. The SMILES string of the molecule is CCN1CCN(C(=O)N(Cc2ccc(C(=O)CNC(=O)C(F)F)cc2)c2cccc(OC)c2)CC1. The van der Waals surface area contributed by atoms with Crippen LogP contribution in [-0.4, -0.2) is 80.3 Å². The Morgan fingerprint density at radius 1 is 1.06 bits per heavy atom. The van der Waals surface area contributed by atoms with Gasteiger partial charge in [-0.15, -0.1) is 0 Å². The Morgan fingerprint density at radius 2 is 1.74 bits per heavy atom. The number of nitrogens with one attached hydrogen (secondary N) is 1. The Morgan fingerprint density at radius 3 is 2.34 bits per heavy atom. The largest absolute Gasteiger partial charge is 0.497 e. The van der Waals surface area contributed by atoms with Gasteiger partial charge < -0.3 is 19.9 Å². The minimum Gasteiger partial charge on any atom is -0.497 e. The molecule has 0 spiro atoms. The first-order valence-corrected chi connectivity index (χ1v) is 11.4. The monoisotopic (exact) mass is 488 g/mol. The normalized spacial score (nSPS) is 14.0. The number of nitrogens with zero attached hydrogens (tertiary/aromatic N) is 3. The number of piperazine rings is 1. The molecule has 35 heavy (non-hydrogen) atoms. The van der Waals surface area contributed by atoms with Gasteiger partial charge in [0, 0.05) is 43.5 Å². The lowest BCUT2D eigenvalue weighted by atomic mass is 10.1. The summed E-state index contributed by atoms with van der Waals surface area (Å²) in [5.41, 5.74) is 1.74. The molecule has 1 aliphatic heterocycles. The number of amides is 3. The van der Waals surface area contributed by atoms with Crippen molar-refractivity contribution in [3.8, 4) is 5.75 Å². The second-order valence-electron chi connectivity index (χ2n) is 8.13. The predicted molar refractivity (Wildman–Crippen MR) is 128 cm³/mol. The third-order valence-corrected chi connectivity index (χ3v) is 5.92. The molecular weight excluding hydrogens is 458 g/mol. The van der Waals surface area contributed by atoms with Gasteiger partial charge in [-0.3, -0.25) is 14.5 Å². The third kappa shape index (κ3) is 6.98. The van der Waals surface area contributed by atoms with Crippen molar-refractivity contribution in [2.24, 2.45) is 0 Å². The Hall–Kier alpha value is -3.53. The average molecular weight is 489 g/mol. The Bertz CT molecular complexity index is 1020. The van der Waals surface area contributed by atoms with Gasteiger partial charge in [-0.1, -0.05) is 37.3 Å². The molecule has 1 saturated heterocycles. The van der Waals surface area contributed by atoms with Crippen LogP contribution in [0.25, 0.3) is 0 Å². The molecule has 1 fully saturated rings. The van der Waals surface area contributed by atoms with Crippen molar-refractivity contribution in [1.29, 1.82) is 0 Å². The summed E-state index contributed by atoms with van der Waals surface area (Å²) in [5.74, 6) is -1.34. The van der Waals surface area contributed by atoms with E-state index in [2.05, 4.69) is 11.8 Å². The van der Waals surface area contributed by atoms with E-state index < -0.39 is 24.7 Å². The molecule has 1 heterocycles. The van der Waals surface area contributed by atoms with Gasteiger partial charge in [0.05, 0.1) is 20.2 Å². The lowest BCUT2D eigenvalue weighted by Crippen LogP contribution is -2.52. The van der Waals surface area contributed by atoms with Gasteiger partial charge in [0.2, 0.25) is 0 Å². The molecule has 0 saturated carbocycles. The molecule has 0 unspecified atom stereocenters. The molecule has 188 valence electrons. The van der Waals surface area contributed by atoms with Crippen LogP contribution >= 0.6 is 0 Å². The van der Waals surface area contributed by atoms with Crippen LogP contribution in [-0.2, 0) is 11.3 Å². The zero-order valence-electron chi connectivity index (χ0n) is 19.9. The van der Waals surface area contributed by atoms with Crippen molar-refractivity contribution in [3.05, 3.63) is 59.7 Å². The van der Waals surface area contributed by atoms with Crippen molar-refractivity contribution in [3.63, 3.8) is 0 Å². The summed E-state index contributed by atoms with van der Waals surface area (Å²) in [6, 6.07) is 13.7. The second kappa shape index (κ2) is 12.3. The van der Waals surface area contributed by atoms with Crippen molar-refractivity contribution >= 4 is 23.4 Å². The van der Waals surface area contributed by atoms with Gasteiger partial charge >= 0.3 is 12.5 Å². The van der Waals surface area contributed by atoms with Gasteiger partial charge in [-0.2, -0.15) is 8.78 Å². The number of Topliss-reactive ketones (excluding diaryl/α,β-unsaturated/α-hetero) is 1. The number of benzene rings is 2. The molecule has 0 atom stereocenters. The maximum atomic E-state index is 13.5. The van der Waals surface area contributed by atoms with Crippen LogP contribution in [0.15, 0.2) is 48.5 Å². The third-order valence-electron chi connectivity index (χ3n) is 5.92. The highest BCUT2D eigenvalue weighted by Gasteiger charge is 2.26. The first-order valence-electron chi connectivity index (χ1n) is 11.4. The van der Waals surface area contributed by atoms with Crippen molar-refractivity contribution in [1.82, 2.24) is 15.1 Å². The van der Waals surface area contributed by atoms with Gasteiger partial charge in [0.25, 0.3) is 5.91 Å². The van der Waals surface area contributed by atoms with E-state index >= 15 is 0 Å². The second-order valence-corrected chi connectivity index (χ2v) is 8.13. The van der Waals surface area contributed by atoms with Gasteiger partial charge in [0.15, 0.2) is 5.78 Å². The van der Waals surface area contributed by atoms with Crippen LogP contribution in [0, 0.1) is 0 Å². The van der Waals surface area contributed by atoms with E-state index in [1.54, 1.807) is 48.4 Å². The van der Waals surface area contributed by atoms with E-state index in [1.165, 1.54) is 0 Å². The minimum atomic E-state index is -3.17.